The van der Waals surface area contributed by atoms with E-state index in [1.807, 2.05) is 7.11 Å². The van der Waals surface area contributed by atoms with Crippen molar-refractivity contribution in [1.29, 1.82) is 0 Å². The van der Waals surface area contributed by atoms with E-state index in [4.69, 9.17) is 10.5 Å². The summed E-state index contributed by atoms with van der Waals surface area (Å²) in [5.74, 6) is 2.33. The van der Waals surface area contributed by atoms with E-state index in [1.165, 1.54) is 38.5 Å². The number of nitrogens with zero attached hydrogens (tertiary/aromatic N) is 1. The quantitative estimate of drug-likeness (QED) is 0.747. The highest BCUT2D eigenvalue weighted by molar-refractivity contribution is 5.04. The number of ether oxygens (including phenoxy) is 1. The van der Waals surface area contributed by atoms with Gasteiger partial charge in [0.25, 0.3) is 0 Å². The van der Waals surface area contributed by atoms with Gasteiger partial charge in [-0.15, -0.1) is 0 Å². The Morgan fingerprint density at radius 2 is 1.90 bits per heavy atom. The standard InChI is InChI=1S/C18H36N2O/c1-14(2)17-7-5-6-10-18(17,13-19)20(11-12-21-4)15(3)16-8-9-16/h14-17H,5-13,19H2,1-4H3. The lowest BCUT2D eigenvalue weighted by molar-refractivity contribution is -0.0522. The maximum absolute atomic E-state index is 6.41. The van der Waals surface area contributed by atoms with Gasteiger partial charge in [-0.05, 0) is 50.4 Å². The largest absolute Gasteiger partial charge is 0.383 e. The van der Waals surface area contributed by atoms with Crippen LogP contribution in [0.3, 0.4) is 0 Å². The molecule has 124 valence electrons. The first-order valence-corrected chi connectivity index (χ1v) is 9.02. The van der Waals surface area contributed by atoms with Gasteiger partial charge in [-0.1, -0.05) is 26.7 Å². The number of hydrogen-bond acceptors (Lipinski definition) is 3. The van der Waals surface area contributed by atoms with E-state index in [0.717, 1.165) is 31.5 Å². The van der Waals surface area contributed by atoms with Crippen molar-refractivity contribution in [3.05, 3.63) is 0 Å². The molecule has 0 aromatic carbocycles. The highest BCUT2D eigenvalue weighted by Gasteiger charge is 2.48. The van der Waals surface area contributed by atoms with Crippen LogP contribution < -0.4 is 5.73 Å². The maximum atomic E-state index is 6.41. The summed E-state index contributed by atoms with van der Waals surface area (Å²) in [6, 6.07) is 0.656. The molecule has 3 heteroatoms. The van der Waals surface area contributed by atoms with Crippen molar-refractivity contribution in [2.24, 2.45) is 23.5 Å². The molecule has 21 heavy (non-hydrogen) atoms. The topological polar surface area (TPSA) is 38.5 Å². The van der Waals surface area contributed by atoms with Crippen LogP contribution in [0.2, 0.25) is 0 Å². The van der Waals surface area contributed by atoms with Crippen molar-refractivity contribution >= 4 is 0 Å². The van der Waals surface area contributed by atoms with Crippen LogP contribution in [0.4, 0.5) is 0 Å². The highest BCUT2D eigenvalue weighted by atomic mass is 16.5. The third-order valence-corrected chi connectivity index (χ3v) is 6.13. The van der Waals surface area contributed by atoms with Crippen molar-refractivity contribution < 1.29 is 4.74 Å². The monoisotopic (exact) mass is 296 g/mol. The van der Waals surface area contributed by atoms with E-state index in [2.05, 4.69) is 25.7 Å². The predicted octanol–water partition coefficient (Wildman–Crippen LogP) is 3.28. The molecule has 2 aliphatic carbocycles. The fourth-order valence-corrected chi connectivity index (χ4v) is 4.79. The minimum atomic E-state index is 0.201. The van der Waals surface area contributed by atoms with Gasteiger partial charge in [0.1, 0.15) is 0 Å². The Kier molecular flexibility index (Phi) is 6.10. The lowest BCUT2D eigenvalue weighted by Crippen LogP contribution is -2.64. The van der Waals surface area contributed by atoms with Crippen LogP contribution in [0.1, 0.15) is 59.3 Å². The molecule has 0 heterocycles. The third-order valence-electron chi connectivity index (χ3n) is 6.13. The number of methoxy groups -OCH3 is 1. The number of rotatable bonds is 8. The second-order valence-corrected chi connectivity index (χ2v) is 7.67. The van der Waals surface area contributed by atoms with Gasteiger partial charge in [0, 0.05) is 31.8 Å². The zero-order valence-electron chi connectivity index (χ0n) is 14.6. The molecule has 2 rings (SSSR count). The van der Waals surface area contributed by atoms with E-state index in [-0.39, 0.29) is 5.54 Å². The number of nitrogens with two attached hydrogens (primary N) is 1. The van der Waals surface area contributed by atoms with Crippen LogP contribution in [-0.4, -0.2) is 43.3 Å². The van der Waals surface area contributed by atoms with Gasteiger partial charge in [0.2, 0.25) is 0 Å². The SMILES string of the molecule is COCCN(C(C)C1CC1)C1(CN)CCCCC1C(C)C. The minimum absolute atomic E-state index is 0.201. The molecule has 2 N–H and O–H groups in total. The molecule has 2 aliphatic rings. The van der Waals surface area contributed by atoms with Gasteiger partial charge in [-0.2, -0.15) is 0 Å². The molecular weight excluding hydrogens is 260 g/mol. The fourth-order valence-electron chi connectivity index (χ4n) is 4.79. The van der Waals surface area contributed by atoms with E-state index < -0.39 is 0 Å². The Bertz CT molecular complexity index is 316. The van der Waals surface area contributed by atoms with Gasteiger partial charge < -0.3 is 10.5 Å². The highest BCUT2D eigenvalue weighted by Crippen LogP contribution is 2.46. The Hall–Kier alpha value is -0.120. The Morgan fingerprint density at radius 1 is 1.19 bits per heavy atom. The summed E-state index contributed by atoms with van der Waals surface area (Å²) in [5.41, 5.74) is 6.62. The molecule has 0 aromatic heterocycles. The second kappa shape index (κ2) is 7.43. The van der Waals surface area contributed by atoms with Crippen molar-refractivity contribution in [2.45, 2.75) is 70.9 Å². The molecule has 2 fully saturated rings. The van der Waals surface area contributed by atoms with Gasteiger partial charge in [0.15, 0.2) is 0 Å². The summed E-state index contributed by atoms with van der Waals surface area (Å²) in [4.78, 5) is 2.76. The zero-order chi connectivity index (χ0) is 15.5. The molecule has 0 radical (unpaired) electrons. The molecule has 0 aromatic rings. The Morgan fingerprint density at radius 3 is 2.43 bits per heavy atom. The molecule has 0 spiro atoms. The lowest BCUT2D eigenvalue weighted by atomic mass is 9.66. The van der Waals surface area contributed by atoms with Crippen LogP contribution in [0.5, 0.6) is 0 Å². The third kappa shape index (κ3) is 3.62. The summed E-state index contributed by atoms with van der Waals surface area (Å²) in [6.45, 7) is 9.86. The Labute approximate surface area is 131 Å². The molecule has 2 saturated carbocycles. The average molecular weight is 296 g/mol. The fraction of sp³-hybridized carbons (Fsp3) is 1.00. The summed E-state index contributed by atoms with van der Waals surface area (Å²) in [6.07, 6.45) is 8.12. The van der Waals surface area contributed by atoms with Crippen molar-refractivity contribution in [2.75, 3.05) is 26.8 Å². The maximum Gasteiger partial charge on any atom is 0.0590 e. The first-order chi connectivity index (χ1) is 10.1. The van der Waals surface area contributed by atoms with Gasteiger partial charge in [-0.3, -0.25) is 4.90 Å². The van der Waals surface area contributed by atoms with Crippen LogP contribution in [-0.2, 0) is 4.74 Å². The zero-order valence-corrected chi connectivity index (χ0v) is 14.6. The second-order valence-electron chi connectivity index (χ2n) is 7.67. The van der Waals surface area contributed by atoms with Crippen LogP contribution in [0.15, 0.2) is 0 Å². The molecular formula is C18H36N2O. The van der Waals surface area contributed by atoms with Crippen LogP contribution >= 0.6 is 0 Å². The van der Waals surface area contributed by atoms with E-state index in [1.54, 1.807) is 0 Å². The average Bonchev–Trinajstić information content (AvgIpc) is 3.32. The Balaban J connectivity index is 2.25. The van der Waals surface area contributed by atoms with Crippen LogP contribution in [0, 0.1) is 17.8 Å². The summed E-state index contributed by atoms with van der Waals surface area (Å²) < 4.78 is 5.42. The first kappa shape index (κ1) is 17.2. The van der Waals surface area contributed by atoms with Gasteiger partial charge in [0.05, 0.1) is 6.61 Å². The normalized spacial score (nSPS) is 31.9. The molecule has 0 bridgehead atoms. The van der Waals surface area contributed by atoms with Crippen molar-refractivity contribution in [3.63, 3.8) is 0 Å². The van der Waals surface area contributed by atoms with Gasteiger partial charge in [-0.25, -0.2) is 0 Å². The molecule has 0 amide bonds. The van der Waals surface area contributed by atoms with E-state index >= 15 is 0 Å². The molecule has 0 aliphatic heterocycles. The minimum Gasteiger partial charge on any atom is -0.383 e. The van der Waals surface area contributed by atoms with E-state index in [9.17, 15) is 0 Å². The smallest absolute Gasteiger partial charge is 0.0590 e. The molecule has 3 nitrogen and oxygen atoms in total. The molecule has 3 atom stereocenters. The number of hydrogen-bond donors (Lipinski definition) is 1. The first-order valence-electron chi connectivity index (χ1n) is 9.02. The predicted molar refractivity (Wildman–Crippen MR) is 89.3 cm³/mol. The van der Waals surface area contributed by atoms with Crippen LogP contribution in [0.25, 0.3) is 0 Å². The molecule has 3 unspecified atom stereocenters. The summed E-state index contributed by atoms with van der Waals surface area (Å²) in [5, 5.41) is 0. The lowest BCUT2D eigenvalue weighted by Gasteiger charge is -2.55. The van der Waals surface area contributed by atoms with Crippen molar-refractivity contribution in [1.82, 2.24) is 4.90 Å². The molecule has 0 saturated heterocycles. The van der Waals surface area contributed by atoms with E-state index in [0.29, 0.717) is 12.0 Å². The van der Waals surface area contributed by atoms with Crippen molar-refractivity contribution in [3.8, 4) is 0 Å². The summed E-state index contributed by atoms with van der Waals surface area (Å²) in [7, 11) is 1.82. The van der Waals surface area contributed by atoms with Gasteiger partial charge >= 0.3 is 0 Å². The summed E-state index contributed by atoms with van der Waals surface area (Å²) >= 11 is 0.